The van der Waals surface area contributed by atoms with Crippen LogP contribution < -0.4 is 16.0 Å². The van der Waals surface area contributed by atoms with Crippen molar-refractivity contribution < 1.29 is 27.9 Å². The first-order valence-corrected chi connectivity index (χ1v) is 9.84. The molecule has 0 aliphatic heterocycles. The van der Waals surface area contributed by atoms with E-state index in [2.05, 4.69) is 16.0 Å². The number of rotatable bonds is 8. The Bertz CT molecular complexity index is 929. The van der Waals surface area contributed by atoms with Gasteiger partial charge >= 0.3 is 11.5 Å². The van der Waals surface area contributed by atoms with Gasteiger partial charge < -0.3 is 21.1 Å². The van der Waals surface area contributed by atoms with Crippen molar-refractivity contribution in [1.82, 2.24) is 10.6 Å². The molecule has 7 nitrogen and oxygen atoms in total. The predicted molar refractivity (Wildman–Crippen MR) is 109 cm³/mol. The first-order chi connectivity index (χ1) is 14.7. The molecular weight excluding hydrogens is 433 g/mol. The number of anilines is 1. The number of nitriles is 1. The van der Waals surface area contributed by atoms with Crippen LogP contribution in [0.15, 0.2) is 53.4 Å². The van der Waals surface area contributed by atoms with Crippen molar-refractivity contribution in [2.24, 2.45) is 0 Å². The van der Waals surface area contributed by atoms with E-state index in [1.807, 2.05) is 6.07 Å². The first-order valence-electron chi connectivity index (χ1n) is 9.02. The summed E-state index contributed by atoms with van der Waals surface area (Å²) in [5.41, 5.74) is -3.49. The zero-order chi connectivity index (χ0) is 22.9. The highest BCUT2D eigenvalue weighted by atomic mass is 32.2. The van der Waals surface area contributed by atoms with Crippen LogP contribution in [0.25, 0.3) is 0 Å². The quantitative estimate of drug-likeness (QED) is 0.360. The molecule has 1 unspecified atom stereocenters. The smallest absolute Gasteiger partial charge is 0.446 e. The molecule has 0 bridgehead atoms. The average molecular weight is 452 g/mol. The minimum absolute atomic E-state index is 0.0273. The van der Waals surface area contributed by atoms with Crippen molar-refractivity contribution in [3.8, 4) is 11.8 Å². The molecule has 31 heavy (non-hydrogen) atoms. The number of nitrogens with zero attached hydrogens (tertiary/aromatic N) is 1. The van der Waals surface area contributed by atoms with Gasteiger partial charge in [0.25, 0.3) is 0 Å². The van der Waals surface area contributed by atoms with Crippen molar-refractivity contribution in [2.45, 2.75) is 29.3 Å². The van der Waals surface area contributed by atoms with Gasteiger partial charge in [-0.05, 0) is 53.7 Å². The van der Waals surface area contributed by atoms with Gasteiger partial charge in [-0.2, -0.15) is 18.4 Å². The van der Waals surface area contributed by atoms with Crippen LogP contribution in [-0.2, 0) is 11.2 Å². The fourth-order valence-corrected chi connectivity index (χ4v) is 3.05. The maximum Gasteiger partial charge on any atom is 0.446 e. The predicted octanol–water partition coefficient (Wildman–Crippen LogP) is 3.77. The van der Waals surface area contributed by atoms with E-state index in [1.54, 1.807) is 12.1 Å². The van der Waals surface area contributed by atoms with Crippen molar-refractivity contribution >= 4 is 29.4 Å². The molecule has 2 aromatic rings. The van der Waals surface area contributed by atoms with Crippen LogP contribution in [0.4, 0.5) is 23.7 Å². The second-order valence-corrected chi connectivity index (χ2v) is 7.43. The second kappa shape index (κ2) is 11.1. The molecule has 0 saturated heterocycles. The van der Waals surface area contributed by atoms with Gasteiger partial charge in [0.2, 0.25) is 5.91 Å². The minimum Gasteiger partial charge on any atom is -0.508 e. The minimum atomic E-state index is -4.41. The number of urea groups is 1. The van der Waals surface area contributed by atoms with Gasteiger partial charge in [-0.15, -0.1) is 0 Å². The highest BCUT2D eigenvalue weighted by Crippen LogP contribution is 2.37. The summed E-state index contributed by atoms with van der Waals surface area (Å²) in [5.74, 6) is -0.452. The summed E-state index contributed by atoms with van der Waals surface area (Å²) in [5, 5.41) is 25.5. The maximum absolute atomic E-state index is 12.4. The van der Waals surface area contributed by atoms with Crippen molar-refractivity contribution in [2.75, 3.05) is 11.9 Å². The van der Waals surface area contributed by atoms with Crippen molar-refractivity contribution in [1.29, 1.82) is 5.26 Å². The van der Waals surface area contributed by atoms with Gasteiger partial charge in [-0.25, -0.2) is 4.79 Å². The van der Waals surface area contributed by atoms with E-state index in [-0.39, 0.29) is 47.5 Å². The molecule has 1 atom stereocenters. The number of benzene rings is 2. The Morgan fingerprint density at radius 1 is 1.10 bits per heavy atom. The SMILES string of the molecule is N#CCCNC(=O)C(Cc1ccc(O)cc1)NC(=O)Nc1ccc(SC(F)(F)F)cc1. The van der Waals surface area contributed by atoms with Gasteiger partial charge in [-0.1, -0.05) is 12.1 Å². The standard InChI is InChI=1S/C20H19F3N4O3S/c21-20(22,23)31-16-8-4-14(5-9-16)26-19(30)27-17(18(29)25-11-1-10-24)12-13-2-6-15(28)7-3-13/h2-9,17,28H,1,11-12H2,(H,25,29)(H2,26,27,30). The number of alkyl halides is 3. The Morgan fingerprint density at radius 3 is 2.32 bits per heavy atom. The summed E-state index contributed by atoms with van der Waals surface area (Å²) in [7, 11) is 0. The monoisotopic (exact) mass is 452 g/mol. The number of aromatic hydroxyl groups is 1. The second-order valence-electron chi connectivity index (χ2n) is 6.29. The number of carbonyl (C=O) groups is 2. The molecule has 0 heterocycles. The molecule has 0 aliphatic rings. The summed E-state index contributed by atoms with van der Waals surface area (Å²) in [6, 6.07) is 11.3. The summed E-state index contributed by atoms with van der Waals surface area (Å²) in [6.45, 7) is 0.114. The van der Waals surface area contributed by atoms with Crippen molar-refractivity contribution in [3.05, 3.63) is 54.1 Å². The molecule has 164 valence electrons. The lowest BCUT2D eigenvalue weighted by Crippen LogP contribution is -2.49. The van der Waals surface area contributed by atoms with Crippen LogP contribution in [0.3, 0.4) is 0 Å². The van der Waals surface area contributed by atoms with Crippen LogP contribution in [-0.4, -0.2) is 35.1 Å². The lowest BCUT2D eigenvalue weighted by atomic mass is 10.1. The van der Waals surface area contributed by atoms with E-state index in [0.29, 0.717) is 5.56 Å². The Morgan fingerprint density at radius 2 is 1.74 bits per heavy atom. The summed E-state index contributed by atoms with van der Waals surface area (Å²) in [6.07, 6.45) is 0.222. The number of hydrogen-bond donors (Lipinski definition) is 4. The Labute approximate surface area is 180 Å². The maximum atomic E-state index is 12.4. The number of amides is 3. The van der Waals surface area contributed by atoms with Gasteiger partial charge in [0.1, 0.15) is 11.8 Å². The van der Waals surface area contributed by atoms with Gasteiger partial charge in [0, 0.05) is 23.5 Å². The molecule has 4 N–H and O–H groups in total. The number of thioether (sulfide) groups is 1. The third kappa shape index (κ3) is 8.88. The highest BCUT2D eigenvalue weighted by molar-refractivity contribution is 8.00. The fourth-order valence-electron chi connectivity index (χ4n) is 2.51. The van der Waals surface area contributed by atoms with E-state index in [1.165, 1.54) is 36.4 Å². The zero-order valence-corrected chi connectivity index (χ0v) is 16.9. The van der Waals surface area contributed by atoms with Gasteiger partial charge in [0.15, 0.2) is 0 Å². The first kappa shape index (κ1) is 23.9. The van der Waals surface area contributed by atoms with E-state index in [4.69, 9.17) is 5.26 Å². The molecule has 2 rings (SSSR count). The number of halogens is 3. The summed E-state index contributed by atoms with van der Waals surface area (Å²) >= 11 is -0.267. The van der Waals surface area contributed by atoms with Crippen LogP contribution >= 0.6 is 11.8 Å². The molecule has 0 aromatic heterocycles. The molecule has 0 fully saturated rings. The lowest BCUT2D eigenvalue weighted by Gasteiger charge is -2.19. The Kier molecular flexibility index (Phi) is 8.57. The van der Waals surface area contributed by atoms with E-state index in [9.17, 15) is 27.9 Å². The highest BCUT2D eigenvalue weighted by Gasteiger charge is 2.29. The molecule has 0 spiro atoms. The Balaban J connectivity index is 2.02. The van der Waals surface area contributed by atoms with Gasteiger partial charge in [0.05, 0.1) is 12.5 Å². The average Bonchev–Trinajstić information content (AvgIpc) is 2.69. The number of phenolic OH excluding ortho intramolecular Hbond substituents is 1. The Hall–Kier alpha value is -3.39. The zero-order valence-electron chi connectivity index (χ0n) is 16.1. The number of nitrogens with one attached hydrogen (secondary N) is 3. The van der Waals surface area contributed by atoms with Crippen LogP contribution in [0.2, 0.25) is 0 Å². The van der Waals surface area contributed by atoms with Crippen LogP contribution in [0.1, 0.15) is 12.0 Å². The summed E-state index contributed by atoms with van der Waals surface area (Å²) < 4.78 is 37.2. The van der Waals surface area contributed by atoms with E-state index in [0.717, 1.165) is 0 Å². The van der Waals surface area contributed by atoms with E-state index >= 15 is 0 Å². The largest absolute Gasteiger partial charge is 0.508 e. The lowest BCUT2D eigenvalue weighted by molar-refractivity contribution is -0.122. The van der Waals surface area contributed by atoms with Gasteiger partial charge in [-0.3, -0.25) is 4.79 Å². The molecule has 3 amide bonds. The van der Waals surface area contributed by atoms with Crippen LogP contribution in [0.5, 0.6) is 5.75 Å². The number of hydrogen-bond acceptors (Lipinski definition) is 5. The number of carbonyl (C=O) groups excluding carboxylic acids is 2. The van der Waals surface area contributed by atoms with E-state index < -0.39 is 23.5 Å². The number of phenols is 1. The third-order valence-electron chi connectivity index (χ3n) is 3.88. The van der Waals surface area contributed by atoms with Crippen molar-refractivity contribution in [3.63, 3.8) is 0 Å². The molecule has 2 aromatic carbocycles. The molecule has 0 radical (unpaired) electrons. The third-order valence-corrected chi connectivity index (χ3v) is 4.62. The molecule has 11 heteroatoms. The summed E-state index contributed by atoms with van der Waals surface area (Å²) in [4.78, 5) is 24.7. The molecular formula is C20H19F3N4O3S. The fraction of sp³-hybridized carbons (Fsp3) is 0.250. The molecule has 0 saturated carbocycles. The molecule has 0 aliphatic carbocycles. The normalized spacial score (nSPS) is 11.8. The topological polar surface area (TPSA) is 114 Å². The van der Waals surface area contributed by atoms with Crippen LogP contribution in [0, 0.1) is 11.3 Å².